The van der Waals surface area contributed by atoms with Crippen molar-refractivity contribution in [3.8, 4) is 0 Å². The van der Waals surface area contributed by atoms with Crippen LogP contribution in [0.2, 0.25) is 0 Å². The quantitative estimate of drug-likeness (QED) is 0.866. The molecule has 1 atom stereocenters. The lowest BCUT2D eigenvalue weighted by molar-refractivity contribution is 0.177. The van der Waals surface area contributed by atoms with Crippen LogP contribution in [-0.2, 0) is 12.8 Å². The van der Waals surface area contributed by atoms with Crippen molar-refractivity contribution in [1.82, 2.24) is 4.98 Å². The van der Waals surface area contributed by atoms with Crippen molar-refractivity contribution in [2.75, 3.05) is 5.73 Å². The zero-order chi connectivity index (χ0) is 13.0. The SMILES string of the molecule is CCc1ccccc1C(O)Cc1ccnc(N)c1. The maximum absolute atomic E-state index is 10.3. The van der Waals surface area contributed by atoms with Crippen molar-refractivity contribution < 1.29 is 5.11 Å². The van der Waals surface area contributed by atoms with E-state index in [1.807, 2.05) is 24.3 Å². The Balaban J connectivity index is 2.19. The van der Waals surface area contributed by atoms with E-state index >= 15 is 0 Å². The predicted octanol–water partition coefficient (Wildman–Crippen LogP) is 2.50. The van der Waals surface area contributed by atoms with Gasteiger partial charge < -0.3 is 10.8 Å². The molecule has 0 radical (unpaired) electrons. The molecule has 2 aromatic rings. The molecule has 0 saturated carbocycles. The standard InChI is InChI=1S/C15H18N2O/c1-2-12-5-3-4-6-13(12)14(18)9-11-7-8-17-15(16)10-11/h3-8,10,14,18H,2,9H2,1H3,(H2,16,17). The van der Waals surface area contributed by atoms with Crippen LogP contribution in [0.25, 0.3) is 0 Å². The molecular weight excluding hydrogens is 224 g/mol. The van der Waals surface area contributed by atoms with Gasteiger partial charge in [-0.3, -0.25) is 0 Å². The molecule has 2 rings (SSSR count). The van der Waals surface area contributed by atoms with Gasteiger partial charge in [0.15, 0.2) is 0 Å². The largest absolute Gasteiger partial charge is 0.388 e. The summed E-state index contributed by atoms with van der Waals surface area (Å²) in [7, 11) is 0. The van der Waals surface area contributed by atoms with Crippen LogP contribution in [0.3, 0.4) is 0 Å². The lowest BCUT2D eigenvalue weighted by Gasteiger charge is -2.15. The summed E-state index contributed by atoms with van der Waals surface area (Å²) >= 11 is 0. The molecule has 1 heterocycles. The fourth-order valence-corrected chi connectivity index (χ4v) is 2.14. The number of aliphatic hydroxyl groups is 1. The summed E-state index contributed by atoms with van der Waals surface area (Å²) in [6, 6.07) is 11.7. The Morgan fingerprint density at radius 1 is 1.28 bits per heavy atom. The van der Waals surface area contributed by atoms with Gasteiger partial charge in [-0.2, -0.15) is 0 Å². The van der Waals surface area contributed by atoms with Gasteiger partial charge in [-0.1, -0.05) is 31.2 Å². The number of aliphatic hydroxyl groups excluding tert-OH is 1. The molecule has 0 aliphatic carbocycles. The van der Waals surface area contributed by atoms with Crippen LogP contribution >= 0.6 is 0 Å². The van der Waals surface area contributed by atoms with Gasteiger partial charge in [-0.05, 0) is 35.2 Å². The number of rotatable bonds is 4. The number of anilines is 1. The average molecular weight is 242 g/mol. The van der Waals surface area contributed by atoms with Gasteiger partial charge in [0.05, 0.1) is 6.10 Å². The monoisotopic (exact) mass is 242 g/mol. The molecule has 3 N–H and O–H groups in total. The van der Waals surface area contributed by atoms with Crippen LogP contribution in [0, 0.1) is 0 Å². The molecule has 0 spiro atoms. The second kappa shape index (κ2) is 5.65. The molecule has 0 aliphatic rings. The maximum Gasteiger partial charge on any atom is 0.123 e. The van der Waals surface area contributed by atoms with Crippen LogP contribution in [-0.4, -0.2) is 10.1 Å². The molecule has 1 aromatic heterocycles. The minimum Gasteiger partial charge on any atom is -0.388 e. The van der Waals surface area contributed by atoms with Crippen LogP contribution in [0.1, 0.15) is 29.7 Å². The smallest absolute Gasteiger partial charge is 0.123 e. The van der Waals surface area contributed by atoms with E-state index in [0.29, 0.717) is 12.2 Å². The minimum absolute atomic E-state index is 0.489. The number of hydrogen-bond acceptors (Lipinski definition) is 3. The number of hydrogen-bond donors (Lipinski definition) is 2. The lowest BCUT2D eigenvalue weighted by atomic mass is 9.96. The molecular formula is C15H18N2O. The summed E-state index contributed by atoms with van der Waals surface area (Å²) in [6.45, 7) is 2.09. The third kappa shape index (κ3) is 2.87. The van der Waals surface area contributed by atoms with Crippen molar-refractivity contribution in [2.45, 2.75) is 25.9 Å². The number of nitrogen functional groups attached to an aromatic ring is 1. The van der Waals surface area contributed by atoms with Crippen LogP contribution in [0.4, 0.5) is 5.82 Å². The van der Waals surface area contributed by atoms with Crippen LogP contribution in [0.15, 0.2) is 42.6 Å². The van der Waals surface area contributed by atoms with Gasteiger partial charge in [-0.25, -0.2) is 4.98 Å². The molecule has 0 saturated heterocycles. The van der Waals surface area contributed by atoms with Crippen molar-refractivity contribution in [1.29, 1.82) is 0 Å². The van der Waals surface area contributed by atoms with Crippen LogP contribution in [0.5, 0.6) is 0 Å². The van der Waals surface area contributed by atoms with Crippen LogP contribution < -0.4 is 5.73 Å². The molecule has 94 valence electrons. The molecule has 0 fully saturated rings. The molecule has 0 bridgehead atoms. The van der Waals surface area contributed by atoms with Crippen molar-refractivity contribution >= 4 is 5.82 Å². The van der Waals surface area contributed by atoms with Crippen molar-refractivity contribution in [3.63, 3.8) is 0 Å². The normalized spacial score (nSPS) is 12.3. The van der Waals surface area contributed by atoms with E-state index in [2.05, 4.69) is 18.0 Å². The third-order valence-corrected chi connectivity index (χ3v) is 3.07. The summed E-state index contributed by atoms with van der Waals surface area (Å²) < 4.78 is 0. The van der Waals surface area contributed by atoms with Gasteiger partial charge in [0.25, 0.3) is 0 Å². The summed E-state index contributed by atoms with van der Waals surface area (Å²) in [4.78, 5) is 3.95. The van der Waals surface area contributed by atoms with E-state index in [1.54, 1.807) is 12.3 Å². The Morgan fingerprint density at radius 3 is 2.78 bits per heavy atom. The first-order chi connectivity index (χ1) is 8.70. The van der Waals surface area contributed by atoms with E-state index in [9.17, 15) is 5.11 Å². The van der Waals surface area contributed by atoms with E-state index in [-0.39, 0.29) is 0 Å². The highest BCUT2D eigenvalue weighted by Crippen LogP contribution is 2.22. The van der Waals surface area contributed by atoms with Crippen molar-refractivity contribution in [2.24, 2.45) is 0 Å². The Labute approximate surface area is 107 Å². The molecule has 1 aromatic carbocycles. The Hall–Kier alpha value is -1.87. The van der Waals surface area contributed by atoms with Gasteiger partial charge in [0.2, 0.25) is 0 Å². The number of benzene rings is 1. The van der Waals surface area contributed by atoms with Gasteiger partial charge >= 0.3 is 0 Å². The molecule has 18 heavy (non-hydrogen) atoms. The topological polar surface area (TPSA) is 59.1 Å². The second-order valence-electron chi connectivity index (χ2n) is 4.36. The first-order valence-corrected chi connectivity index (χ1v) is 6.17. The first kappa shape index (κ1) is 12.6. The van der Waals surface area contributed by atoms with E-state index in [1.165, 1.54) is 5.56 Å². The Bertz CT molecular complexity index is 525. The highest BCUT2D eigenvalue weighted by Gasteiger charge is 2.12. The maximum atomic E-state index is 10.3. The van der Waals surface area contributed by atoms with Gasteiger partial charge in [0.1, 0.15) is 5.82 Å². The Kier molecular flexibility index (Phi) is 3.95. The number of aromatic nitrogens is 1. The zero-order valence-electron chi connectivity index (χ0n) is 10.5. The highest BCUT2D eigenvalue weighted by molar-refractivity contribution is 5.34. The summed E-state index contributed by atoms with van der Waals surface area (Å²) in [5, 5.41) is 10.3. The fraction of sp³-hybridized carbons (Fsp3) is 0.267. The Morgan fingerprint density at radius 2 is 2.06 bits per heavy atom. The number of pyridine rings is 1. The number of aryl methyl sites for hydroxylation is 1. The average Bonchev–Trinajstić information content (AvgIpc) is 2.38. The van der Waals surface area contributed by atoms with E-state index in [0.717, 1.165) is 17.5 Å². The van der Waals surface area contributed by atoms with Gasteiger partial charge in [0, 0.05) is 12.6 Å². The third-order valence-electron chi connectivity index (χ3n) is 3.07. The molecule has 3 nitrogen and oxygen atoms in total. The minimum atomic E-state index is -0.497. The van der Waals surface area contributed by atoms with E-state index in [4.69, 9.17) is 5.73 Å². The summed E-state index contributed by atoms with van der Waals surface area (Å²) in [5.41, 5.74) is 8.82. The summed E-state index contributed by atoms with van der Waals surface area (Å²) in [6.07, 6.45) is 2.65. The second-order valence-corrected chi connectivity index (χ2v) is 4.36. The molecule has 3 heteroatoms. The molecule has 0 aliphatic heterocycles. The highest BCUT2D eigenvalue weighted by atomic mass is 16.3. The zero-order valence-corrected chi connectivity index (χ0v) is 10.5. The van der Waals surface area contributed by atoms with Crippen molar-refractivity contribution in [3.05, 3.63) is 59.3 Å². The first-order valence-electron chi connectivity index (χ1n) is 6.17. The number of nitrogens with two attached hydrogens (primary N) is 1. The fourth-order valence-electron chi connectivity index (χ4n) is 2.14. The molecule has 1 unspecified atom stereocenters. The number of nitrogens with zero attached hydrogens (tertiary/aromatic N) is 1. The predicted molar refractivity (Wildman–Crippen MR) is 73.1 cm³/mol. The van der Waals surface area contributed by atoms with E-state index < -0.39 is 6.10 Å². The lowest BCUT2D eigenvalue weighted by Crippen LogP contribution is -2.05. The van der Waals surface area contributed by atoms with Gasteiger partial charge in [-0.15, -0.1) is 0 Å². The molecule has 0 amide bonds. The summed E-state index contributed by atoms with van der Waals surface area (Å²) in [5.74, 6) is 0.489.